The predicted molar refractivity (Wildman–Crippen MR) is 94.5 cm³/mol. The van der Waals surface area contributed by atoms with Gasteiger partial charge in [0.05, 0.1) is 15.6 Å². The molecule has 0 heterocycles. The maximum atomic E-state index is 12.9. The van der Waals surface area contributed by atoms with Gasteiger partial charge in [0.1, 0.15) is 4.90 Å². The molecule has 0 saturated heterocycles. The molecule has 0 aromatic heterocycles. The topological polar surface area (TPSA) is 46.2 Å². The van der Waals surface area contributed by atoms with E-state index in [1.807, 2.05) is 0 Å². The van der Waals surface area contributed by atoms with Crippen LogP contribution in [0.25, 0.3) is 0 Å². The monoisotopic (exact) mass is 475 g/mol. The number of nitrogens with one attached hydrogen (secondary N) is 1. The van der Waals surface area contributed by atoms with Crippen LogP contribution in [-0.4, -0.2) is 15.0 Å². The zero-order valence-corrected chi connectivity index (χ0v) is 16.3. The van der Waals surface area contributed by atoms with Crippen molar-refractivity contribution < 1.29 is 21.6 Å². The molecule has 136 valence electrons. The lowest BCUT2D eigenvalue weighted by molar-refractivity contribution is -0.138. The molecule has 10 heteroatoms. The Morgan fingerprint density at radius 2 is 1.64 bits per heavy atom. The van der Waals surface area contributed by atoms with Crippen LogP contribution in [0.15, 0.2) is 45.8 Å². The van der Waals surface area contributed by atoms with E-state index in [9.17, 15) is 21.6 Å². The first-order valence-electron chi connectivity index (χ1n) is 6.81. The lowest BCUT2D eigenvalue weighted by Crippen LogP contribution is -2.27. The second-order valence-corrected chi connectivity index (χ2v) is 8.44. The number of alkyl halides is 3. The number of rotatable bonds is 5. The third-order valence-electron chi connectivity index (χ3n) is 3.24. The Hall–Kier alpha value is -0.800. The van der Waals surface area contributed by atoms with Gasteiger partial charge in [-0.1, -0.05) is 57.3 Å². The number of benzene rings is 2. The smallest absolute Gasteiger partial charge is 0.211 e. The summed E-state index contributed by atoms with van der Waals surface area (Å²) in [6.07, 6.45) is -4.64. The molecule has 0 aliphatic carbocycles. The summed E-state index contributed by atoms with van der Waals surface area (Å²) in [6, 6.07) is 7.71. The first-order valence-corrected chi connectivity index (χ1v) is 9.85. The fourth-order valence-electron chi connectivity index (χ4n) is 2.19. The van der Waals surface area contributed by atoms with Crippen LogP contribution >= 0.6 is 39.1 Å². The molecule has 3 nitrogen and oxygen atoms in total. The molecule has 0 aliphatic rings. The maximum absolute atomic E-state index is 12.9. The Labute approximate surface area is 161 Å². The molecule has 0 saturated carbocycles. The molecular weight excluding hydrogens is 466 g/mol. The molecule has 0 fully saturated rings. The van der Waals surface area contributed by atoms with Gasteiger partial charge in [0, 0.05) is 11.0 Å². The Morgan fingerprint density at radius 1 is 1.08 bits per heavy atom. The van der Waals surface area contributed by atoms with E-state index >= 15 is 0 Å². The summed E-state index contributed by atoms with van der Waals surface area (Å²) in [7, 11) is -4.07. The van der Waals surface area contributed by atoms with Crippen LogP contribution in [0.4, 0.5) is 13.2 Å². The molecule has 0 amide bonds. The van der Waals surface area contributed by atoms with Gasteiger partial charge in [0.15, 0.2) is 0 Å². The Balaban J connectivity index is 2.18. The zero-order valence-electron chi connectivity index (χ0n) is 12.4. The van der Waals surface area contributed by atoms with Crippen molar-refractivity contribution in [2.24, 2.45) is 0 Å². The minimum Gasteiger partial charge on any atom is -0.211 e. The second-order valence-electron chi connectivity index (χ2n) is 5.00. The fraction of sp³-hybridized carbons (Fsp3) is 0.200. The standard InChI is InChI=1S/C15H11BrCl2F3NO2S/c16-10-7-12(17)14(13(18)8-10)25(23,24)22-6-5-9-3-1-2-4-11(9)15(19,20)21/h1-4,7-8,22H,5-6H2. The maximum Gasteiger partial charge on any atom is 0.416 e. The molecule has 0 atom stereocenters. The Bertz CT molecular complexity index is 866. The first kappa shape index (κ1) is 20.5. The lowest BCUT2D eigenvalue weighted by atomic mass is 10.0. The van der Waals surface area contributed by atoms with Gasteiger partial charge in [-0.25, -0.2) is 13.1 Å². The summed E-state index contributed by atoms with van der Waals surface area (Å²) in [5.41, 5.74) is -0.806. The summed E-state index contributed by atoms with van der Waals surface area (Å²) in [4.78, 5) is -0.317. The van der Waals surface area contributed by atoms with Crippen molar-refractivity contribution in [2.75, 3.05) is 6.54 Å². The molecule has 0 radical (unpaired) electrons. The highest BCUT2D eigenvalue weighted by atomic mass is 79.9. The number of halogens is 6. The van der Waals surface area contributed by atoms with Gasteiger partial charge < -0.3 is 0 Å². The van der Waals surface area contributed by atoms with Gasteiger partial charge in [-0.15, -0.1) is 0 Å². The molecule has 0 spiro atoms. The molecule has 25 heavy (non-hydrogen) atoms. The molecule has 2 aromatic rings. The van der Waals surface area contributed by atoms with Crippen molar-refractivity contribution in [1.29, 1.82) is 0 Å². The molecular formula is C15H11BrCl2F3NO2S. The minimum absolute atomic E-state index is 0.00861. The highest BCUT2D eigenvalue weighted by molar-refractivity contribution is 9.10. The Morgan fingerprint density at radius 3 is 2.20 bits per heavy atom. The van der Waals surface area contributed by atoms with Crippen molar-refractivity contribution in [3.63, 3.8) is 0 Å². The quantitative estimate of drug-likeness (QED) is 0.636. The summed E-state index contributed by atoms with van der Waals surface area (Å²) < 4.78 is 66.2. The van der Waals surface area contributed by atoms with Crippen LogP contribution in [0.1, 0.15) is 11.1 Å². The fourth-order valence-corrected chi connectivity index (χ4v) is 5.16. The van der Waals surface area contributed by atoms with E-state index in [1.54, 1.807) is 0 Å². The summed E-state index contributed by atoms with van der Waals surface area (Å²) in [5, 5.41) is -0.190. The van der Waals surface area contributed by atoms with Gasteiger partial charge in [0.2, 0.25) is 10.0 Å². The van der Waals surface area contributed by atoms with Crippen molar-refractivity contribution in [3.8, 4) is 0 Å². The van der Waals surface area contributed by atoms with Crippen LogP contribution in [0.5, 0.6) is 0 Å². The summed E-state index contributed by atoms with van der Waals surface area (Å²) >= 11 is 15.0. The third-order valence-corrected chi connectivity index (χ3v) is 6.08. The van der Waals surface area contributed by atoms with Gasteiger partial charge in [-0.3, -0.25) is 0 Å². The van der Waals surface area contributed by atoms with E-state index in [0.29, 0.717) is 4.47 Å². The van der Waals surface area contributed by atoms with Crippen molar-refractivity contribution in [1.82, 2.24) is 4.72 Å². The SMILES string of the molecule is O=S(=O)(NCCc1ccccc1C(F)(F)F)c1c(Cl)cc(Br)cc1Cl. The third kappa shape index (κ3) is 5.10. The molecule has 0 bridgehead atoms. The molecule has 0 unspecified atom stereocenters. The molecule has 0 aliphatic heterocycles. The van der Waals surface area contributed by atoms with Crippen molar-refractivity contribution >= 4 is 49.2 Å². The van der Waals surface area contributed by atoms with E-state index in [1.165, 1.54) is 30.3 Å². The molecule has 1 N–H and O–H groups in total. The van der Waals surface area contributed by atoms with E-state index in [4.69, 9.17) is 23.2 Å². The van der Waals surface area contributed by atoms with E-state index in [2.05, 4.69) is 20.7 Å². The summed E-state index contributed by atoms with van der Waals surface area (Å²) in [5.74, 6) is 0. The van der Waals surface area contributed by atoms with Gasteiger partial charge in [0.25, 0.3) is 0 Å². The van der Waals surface area contributed by atoms with E-state index < -0.39 is 21.8 Å². The predicted octanol–water partition coefficient (Wildman–Crippen LogP) is 5.30. The second kappa shape index (κ2) is 7.84. The van der Waals surface area contributed by atoms with Crippen LogP contribution in [-0.2, 0) is 22.6 Å². The highest BCUT2D eigenvalue weighted by Gasteiger charge is 2.32. The molecule has 2 rings (SSSR count). The van der Waals surface area contributed by atoms with Gasteiger partial charge in [-0.05, 0) is 30.2 Å². The number of hydrogen-bond acceptors (Lipinski definition) is 2. The normalized spacial score (nSPS) is 12.4. The average Bonchev–Trinajstić information content (AvgIpc) is 2.44. The van der Waals surface area contributed by atoms with Crippen LogP contribution in [0.3, 0.4) is 0 Å². The minimum atomic E-state index is -4.51. The lowest BCUT2D eigenvalue weighted by Gasteiger charge is -2.14. The zero-order chi connectivity index (χ0) is 18.8. The first-order chi connectivity index (χ1) is 11.5. The van der Waals surface area contributed by atoms with Crippen LogP contribution < -0.4 is 4.72 Å². The van der Waals surface area contributed by atoms with Gasteiger partial charge in [-0.2, -0.15) is 13.2 Å². The van der Waals surface area contributed by atoms with E-state index in [0.717, 1.165) is 6.07 Å². The largest absolute Gasteiger partial charge is 0.416 e. The van der Waals surface area contributed by atoms with Crippen molar-refractivity contribution in [3.05, 3.63) is 62.0 Å². The van der Waals surface area contributed by atoms with Gasteiger partial charge >= 0.3 is 6.18 Å². The van der Waals surface area contributed by atoms with E-state index in [-0.39, 0.29) is 33.5 Å². The van der Waals surface area contributed by atoms with Crippen LogP contribution in [0, 0.1) is 0 Å². The summed E-state index contributed by atoms with van der Waals surface area (Å²) in [6.45, 7) is -0.238. The average molecular weight is 477 g/mol. The van der Waals surface area contributed by atoms with Crippen LogP contribution in [0.2, 0.25) is 10.0 Å². The number of sulfonamides is 1. The van der Waals surface area contributed by atoms with Crippen molar-refractivity contribution in [2.45, 2.75) is 17.5 Å². The number of hydrogen-bond donors (Lipinski definition) is 1. The molecule has 2 aromatic carbocycles. The highest BCUT2D eigenvalue weighted by Crippen LogP contribution is 2.33. The Kier molecular flexibility index (Phi) is 6.43.